The minimum atomic E-state index is -0.508. The number of amides is 2. The molecule has 159 valence electrons. The molecule has 0 unspecified atom stereocenters. The van der Waals surface area contributed by atoms with Crippen molar-refractivity contribution in [2.24, 2.45) is 0 Å². The zero-order valence-corrected chi connectivity index (χ0v) is 20.3. The van der Waals surface area contributed by atoms with E-state index in [-0.39, 0.29) is 44.5 Å². The van der Waals surface area contributed by atoms with Crippen molar-refractivity contribution in [3.05, 3.63) is 77.3 Å². The number of ether oxygens (including phenoxy) is 2. The molecule has 3 aliphatic heterocycles. The van der Waals surface area contributed by atoms with Gasteiger partial charge in [-0.3, -0.25) is 4.79 Å². The molecule has 2 aromatic rings. The largest absolute Gasteiger partial charge is 0.461 e. The first kappa shape index (κ1) is 22.5. The van der Waals surface area contributed by atoms with Crippen molar-refractivity contribution in [2.75, 3.05) is 26.3 Å². The van der Waals surface area contributed by atoms with Crippen LogP contribution >= 0.6 is 0 Å². The van der Waals surface area contributed by atoms with Gasteiger partial charge in [-0.1, -0.05) is 42.5 Å². The molecule has 0 saturated carbocycles. The predicted octanol–water partition coefficient (Wildman–Crippen LogP) is 2.76. The maximum atomic E-state index is 12.9. The summed E-state index contributed by atoms with van der Waals surface area (Å²) in [6.07, 6.45) is 2.12. The molecule has 6 nitrogen and oxygen atoms in total. The molecular formula is C24H25N2O4Y-. The van der Waals surface area contributed by atoms with Crippen LogP contribution in [-0.4, -0.2) is 53.7 Å². The van der Waals surface area contributed by atoms with Gasteiger partial charge in [-0.2, -0.15) is 0 Å². The average Bonchev–Trinajstić information content (AvgIpc) is 3.34. The van der Waals surface area contributed by atoms with Crippen LogP contribution in [0, 0.1) is 6.54 Å². The normalized spacial score (nSPS) is 19.3. The molecule has 0 bridgehead atoms. The quantitative estimate of drug-likeness (QED) is 0.614. The second-order valence-corrected chi connectivity index (χ2v) is 8.15. The third kappa shape index (κ3) is 4.72. The van der Waals surface area contributed by atoms with Crippen LogP contribution in [-0.2, 0) is 59.9 Å². The maximum Gasteiger partial charge on any atom is 0.228 e. The number of likely N-dealkylation sites (tertiary alicyclic amines) is 1. The van der Waals surface area contributed by atoms with Crippen LogP contribution < -0.4 is 0 Å². The van der Waals surface area contributed by atoms with E-state index in [0.717, 1.165) is 17.5 Å². The SMILES string of the molecule is O=C1c2cc(Cc3ccccc3)ccc2CN1[CH-]C(=O)N1CCC2(CC1)OCCO2.[Y]. The first-order chi connectivity index (χ1) is 14.6. The first-order valence-corrected chi connectivity index (χ1v) is 10.5. The molecule has 1 radical (unpaired) electrons. The monoisotopic (exact) mass is 494 g/mol. The topological polar surface area (TPSA) is 59.1 Å². The minimum Gasteiger partial charge on any atom is -0.461 e. The fourth-order valence-corrected chi connectivity index (χ4v) is 4.48. The molecule has 2 fully saturated rings. The Labute approximate surface area is 207 Å². The Morgan fingerprint density at radius 1 is 1.00 bits per heavy atom. The Morgan fingerprint density at radius 3 is 2.42 bits per heavy atom. The van der Waals surface area contributed by atoms with Gasteiger partial charge in [-0.25, -0.2) is 6.54 Å². The van der Waals surface area contributed by atoms with E-state index in [9.17, 15) is 9.59 Å². The summed E-state index contributed by atoms with van der Waals surface area (Å²) in [7, 11) is 0. The Balaban J connectivity index is 0.00000231. The summed E-state index contributed by atoms with van der Waals surface area (Å²) in [5.74, 6) is -0.747. The van der Waals surface area contributed by atoms with Gasteiger partial charge < -0.3 is 24.1 Å². The number of hydrogen-bond donors (Lipinski definition) is 0. The van der Waals surface area contributed by atoms with Gasteiger partial charge in [0.25, 0.3) is 0 Å². The van der Waals surface area contributed by atoms with Gasteiger partial charge >= 0.3 is 0 Å². The van der Waals surface area contributed by atoms with Crippen LogP contribution in [0.2, 0.25) is 0 Å². The molecule has 31 heavy (non-hydrogen) atoms. The van der Waals surface area contributed by atoms with Gasteiger partial charge in [-0.05, 0) is 29.2 Å². The molecule has 2 amide bonds. The summed E-state index contributed by atoms with van der Waals surface area (Å²) >= 11 is 0. The van der Waals surface area contributed by atoms with E-state index in [1.807, 2.05) is 30.3 Å². The third-order valence-corrected chi connectivity index (χ3v) is 6.17. The second-order valence-electron chi connectivity index (χ2n) is 8.15. The van der Waals surface area contributed by atoms with Crippen LogP contribution in [0.4, 0.5) is 0 Å². The summed E-state index contributed by atoms with van der Waals surface area (Å²) in [6, 6.07) is 16.2. The number of benzene rings is 2. The van der Waals surface area contributed by atoms with E-state index in [2.05, 4.69) is 18.2 Å². The van der Waals surface area contributed by atoms with Crippen molar-refractivity contribution in [1.29, 1.82) is 0 Å². The molecule has 2 saturated heterocycles. The second kappa shape index (κ2) is 9.41. The molecule has 3 aliphatic rings. The van der Waals surface area contributed by atoms with Crippen LogP contribution in [0.15, 0.2) is 48.5 Å². The van der Waals surface area contributed by atoms with E-state index >= 15 is 0 Å². The summed E-state index contributed by atoms with van der Waals surface area (Å²) in [5.41, 5.74) is 3.96. The van der Waals surface area contributed by atoms with E-state index in [1.54, 1.807) is 4.90 Å². The number of carbonyl (C=O) groups is 2. The zero-order valence-electron chi connectivity index (χ0n) is 17.5. The average molecular weight is 494 g/mol. The fourth-order valence-electron chi connectivity index (χ4n) is 4.48. The molecule has 0 atom stereocenters. The van der Waals surface area contributed by atoms with Crippen molar-refractivity contribution >= 4 is 11.8 Å². The standard InChI is InChI=1S/C24H25N2O4.Y/c27-22(25-10-8-24(9-11-25)29-12-13-30-24)17-26-16-20-7-6-19(15-21(20)23(26)28)14-18-4-2-1-3-5-18;/h1-7,15,17H,8-14,16H2;/q-1;. The molecule has 3 heterocycles. The molecule has 1 spiro atoms. The Morgan fingerprint density at radius 2 is 1.71 bits per heavy atom. The van der Waals surface area contributed by atoms with E-state index in [1.165, 1.54) is 17.0 Å². The molecule has 0 aromatic heterocycles. The first-order valence-electron chi connectivity index (χ1n) is 10.5. The van der Waals surface area contributed by atoms with E-state index in [0.29, 0.717) is 51.3 Å². The Kier molecular flexibility index (Phi) is 6.82. The molecule has 5 rings (SSSR count). The summed E-state index contributed by atoms with van der Waals surface area (Å²) < 4.78 is 11.4. The van der Waals surface area contributed by atoms with Crippen molar-refractivity contribution in [2.45, 2.75) is 31.6 Å². The van der Waals surface area contributed by atoms with Crippen LogP contribution in [0.3, 0.4) is 0 Å². The number of carbonyl (C=O) groups excluding carboxylic acids is 2. The maximum absolute atomic E-state index is 12.9. The summed E-state index contributed by atoms with van der Waals surface area (Å²) in [6.45, 7) is 4.28. The van der Waals surface area contributed by atoms with E-state index in [4.69, 9.17) is 9.47 Å². The van der Waals surface area contributed by atoms with Gasteiger partial charge in [0.2, 0.25) is 5.91 Å². The Bertz CT molecular complexity index is 949. The van der Waals surface area contributed by atoms with Crippen molar-refractivity contribution in [3.63, 3.8) is 0 Å². The molecular weight excluding hydrogens is 469 g/mol. The minimum absolute atomic E-state index is 0. The van der Waals surface area contributed by atoms with Gasteiger partial charge in [0.15, 0.2) is 5.79 Å². The number of rotatable bonds is 4. The smallest absolute Gasteiger partial charge is 0.228 e. The van der Waals surface area contributed by atoms with Crippen molar-refractivity contribution < 1.29 is 51.8 Å². The third-order valence-electron chi connectivity index (χ3n) is 6.17. The molecule has 7 heteroatoms. The summed E-state index contributed by atoms with van der Waals surface area (Å²) in [5, 5.41) is 0. The molecule has 0 N–H and O–H groups in total. The zero-order chi connectivity index (χ0) is 20.6. The van der Waals surface area contributed by atoms with Gasteiger partial charge in [0.1, 0.15) is 5.91 Å². The number of fused-ring (bicyclic) bond motifs is 1. The number of nitrogens with zero attached hydrogens (tertiary/aromatic N) is 2. The summed E-state index contributed by atoms with van der Waals surface area (Å²) in [4.78, 5) is 29.0. The van der Waals surface area contributed by atoms with Crippen LogP contribution in [0.1, 0.15) is 39.9 Å². The van der Waals surface area contributed by atoms with Gasteiger partial charge in [0, 0.05) is 70.7 Å². The van der Waals surface area contributed by atoms with Crippen LogP contribution in [0.25, 0.3) is 0 Å². The number of hydrogen-bond acceptors (Lipinski definition) is 4. The van der Waals surface area contributed by atoms with E-state index < -0.39 is 5.79 Å². The van der Waals surface area contributed by atoms with Crippen molar-refractivity contribution in [1.82, 2.24) is 9.80 Å². The Hall–Kier alpha value is -1.73. The fraction of sp³-hybridized carbons (Fsp3) is 0.375. The van der Waals surface area contributed by atoms with Crippen molar-refractivity contribution in [3.8, 4) is 0 Å². The van der Waals surface area contributed by atoms with Gasteiger partial charge in [-0.15, -0.1) is 0 Å². The predicted molar refractivity (Wildman–Crippen MR) is 110 cm³/mol. The van der Waals surface area contributed by atoms with Crippen LogP contribution in [0.5, 0.6) is 0 Å². The molecule has 2 aromatic carbocycles. The number of piperidine rings is 1. The molecule has 0 aliphatic carbocycles. The van der Waals surface area contributed by atoms with Gasteiger partial charge in [0.05, 0.1) is 13.2 Å².